The molecule has 2 aromatic carbocycles. The summed E-state index contributed by atoms with van der Waals surface area (Å²) in [7, 11) is 0. The maximum absolute atomic E-state index is 13.3. The molecule has 0 saturated carbocycles. The smallest absolute Gasteiger partial charge is 0.420 e. The number of hydrogen-bond acceptors (Lipinski definition) is 1. The van der Waals surface area contributed by atoms with E-state index < -0.39 is 11.7 Å². The third-order valence-electron chi connectivity index (χ3n) is 3.19. The van der Waals surface area contributed by atoms with Crippen LogP contribution in [0.4, 0.5) is 13.2 Å². The van der Waals surface area contributed by atoms with E-state index in [0.717, 1.165) is 5.56 Å². The molecule has 0 aliphatic carbocycles. The van der Waals surface area contributed by atoms with Gasteiger partial charge in [0.15, 0.2) is 0 Å². The lowest BCUT2D eigenvalue weighted by atomic mass is 10.0. The number of rotatable bonds is 1. The Morgan fingerprint density at radius 1 is 0.900 bits per heavy atom. The van der Waals surface area contributed by atoms with E-state index in [2.05, 4.69) is 0 Å². The average molecular weight is 276 g/mol. The molecular formula is C16H11F3O. The number of halogens is 3. The second-order valence-electron chi connectivity index (χ2n) is 4.67. The molecule has 1 heterocycles. The molecular weight excluding hydrogens is 265 g/mol. The van der Waals surface area contributed by atoms with E-state index in [1.54, 1.807) is 42.5 Å². The second kappa shape index (κ2) is 4.40. The Hall–Kier alpha value is -2.23. The van der Waals surface area contributed by atoms with E-state index in [9.17, 15) is 13.2 Å². The van der Waals surface area contributed by atoms with Crippen molar-refractivity contribution in [3.8, 4) is 11.3 Å². The molecule has 1 aromatic heterocycles. The Balaban J connectivity index is 2.32. The highest BCUT2D eigenvalue weighted by atomic mass is 19.4. The van der Waals surface area contributed by atoms with Gasteiger partial charge in [-0.1, -0.05) is 48.0 Å². The summed E-state index contributed by atoms with van der Waals surface area (Å²) >= 11 is 0. The number of benzene rings is 2. The molecule has 0 saturated heterocycles. The molecule has 0 N–H and O–H groups in total. The molecule has 1 nitrogen and oxygen atoms in total. The van der Waals surface area contributed by atoms with Crippen molar-refractivity contribution in [2.75, 3.05) is 0 Å². The van der Waals surface area contributed by atoms with Gasteiger partial charge in [-0.05, 0) is 13.0 Å². The Morgan fingerprint density at radius 3 is 2.20 bits per heavy atom. The number of fused-ring (bicyclic) bond motifs is 1. The first-order valence-electron chi connectivity index (χ1n) is 6.12. The minimum atomic E-state index is -4.45. The van der Waals surface area contributed by atoms with E-state index in [4.69, 9.17) is 4.42 Å². The molecule has 0 aliphatic rings. The van der Waals surface area contributed by atoms with Crippen LogP contribution in [-0.2, 0) is 6.18 Å². The third-order valence-corrected chi connectivity index (χ3v) is 3.19. The lowest BCUT2D eigenvalue weighted by molar-refractivity contribution is -0.136. The van der Waals surface area contributed by atoms with Crippen LogP contribution < -0.4 is 0 Å². The van der Waals surface area contributed by atoms with Gasteiger partial charge in [0.05, 0.1) is 0 Å². The Bertz CT molecular complexity index is 751. The molecule has 0 atom stereocenters. The van der Waals surface area contributed by atoms with Crippen LogP contribution in [0, 0.1) is 6.92 Å². The van der Waals surface area contributed by atoms with E-state index in [-0.39, 0.29) is 16.7 Å². The minimum Gasteiger partial charge on any atom is -0.455 e. The largest absolute Gasteiger partial charge is 0.455 e. The molecule has 0 aliphatic heterocycles. The molecule has 0 radical (unpaired) electrons. The first-order chi connectivity index (χ1) is 9.47. The molecule has 0 amide bonds. The van der Waals surface area contributed by atoms with Crippen LogP contribution in [0.2, 0.25) is 0 Å². The van der Waals surface area contributed by atoms with Gasteiger partial charge in [-0.3, -0.25) is 0 Å². The van der Waals surface area contributed by atoms with E-state index >= 15 is 0 Å². The standard InChI is InChI=1S/C16H11F3O/c1-10-6-8-11(9-7-10)15-14(16(17,18)19)12-4-2-3-5-13(12)20-15/h2-9H,1H3. The van der Waals surface area contributed by atoms with Crippen molar-refractivity contribution < 1.29 is 17.6 Å². The number of para-hydroxylation sites is 1. The van der Waals surface area contributed by atoms with Crippen LogP contribution in [0.5, 0.6) is 0 Å². The Labute approximate surface area is 113 Å². The normalized spacial score (nSPS) is 12.0. The number of alkyl halides is 3. The van der Waals surface area contributed by atoms with Crippen LogP contribution in [0.1, 0.15) is 11.1 Å². The fourth-order valence-corrected chi connectivity index (χ4v) is 2.24. The van der Waals surface area contributed by atoms with Crippen molar-refractivity contribution in [2.24, 2.45) is 0 Å². The van der Waals surface area contributed by atoms with Gasteiger partial charge in [-0.2, -0.15) is 13.2 Å². The lowest BCUT2D eigenvalue weighted by Crippen LogP contribution is -2.05. The molecule has 0 fully saturated rings. The predicted molar refractivity (Wildman–Crippen MR) is 71.4 cm³/mol. The monoisotopic (exact) mass is 276 g/mol. The fraction of sp³-hybridized carbons (Fsp3) is 0.125. The molecule has 102 valence electrons. The fourth-order valence-electron chi connectivity index (χ4n) is 2.24. The zero-order chi connectivity index (χ0) is 14.3. The summed E-state index contributed by atoms with van der Waals surface area (Å²) < 4.78 is 45.4. The topological polar surface area (TPSA) is 13.1 Å². The Kier molecular flexibility index (Phi) is 2.82. The van der Waals surface area contributed by atoms with Gasteiger partial charge >= 0.3 is 6.18 Å². The van der Waals surface area contributed by atoms with Crippen molar-refractivity contribution in [2.45, 2.75) is 13.1 Å². The maximum atomic E-state index is 13.3. The Morgan fingerprint density at radius 2 is 1.55 bits per heavy atom. The molecule has 20 heavy (non-hydrogen) atoms. The summed E-state index contributed by atoms with van der Waals surface area (Å²) in [6, 6.07) is 13.0. The van der Waals surface area contributed by atoms with Crippen LogP contribution in [0.3, 0.4) is 0 Å². The summed E-state index contributed by atoms with van der Waals surface area (Å²) in [6.45, 7) is 1.88. The van der Waals surface area contributed by atoms with E-state index in [0.29, 0.717) is 5.56 Å². The average Bonchev–Trinajstić information content (AvgIpc) is 2.78. The minimum absolute atomic E-state index is 0.0931. The molecule has 0 unspecified atom stereocenters. The third kappa shape index (κ3) is 2.07. The highest BCUT2D eigenvalue weighted by molar-refractivity contribution is 5.88. The lowest BCUT2D eigenvalue weighted by Gasteiger charge is -2.07. The van der Waals surface area contributed by atoms with Gasteiger partial charge < -0.3 is 4.42 Å². The summed E-state index contributed by atoms with van der Waals surface area (Å²) in [5.74, 6) is -0.126. The SMILES string of the molecule is Cc1ccc(-c2oc3ccccc3c2C(F)(F)F)cc1. The highest BCUT2D eigenvalue weighted by Gasteiger charge is 2.38. The number of aryl methyl sites for hydroxylation is 1. The van der Waals surface area contributed by atoms with Gasteiger partial charge in [-0.25, -0.2) is 0 Å². The van der Waals surface area contributed by atoms with Crippen molar-refractivity contribution in [3.05, 3.63) is 59.7 Å². The maximum Gasteiger partial charge on any atom is 0.420 e. The molecule has 0 bridgehead atoms. The summed E-state index contributed by atoms with van der Waals surface area (Å²) in [5.41, 5.74) is 0.949. The van der Waals surface area contributed by atoms with Gasteiger partial charge in [0.1, 0.15) is 16.9 Å². The first kappa shape index (κ1) is 12.8. The van der Waals surface area contributed by atoms with Crippen molar-refractivity contribution in [3.63, 3.8) is 0 Å². The van der Waals surface area contributed by atoms with Crippen LogP contribution in [-0.4, -0.2) is 0 Å². The number of hydrogen-bond donors (Lipinski definition) is 0. The van der Waals surface area contributed by atoms with Crippen LogP contribution in [0.15, 0.2) is 52.9 Å². The first-order valence-corrected chi connectivity index (χ1v) is 6.12. The van der Waals surface area contributed by atoms with Gasteiger partial charge in [0.25, 0.3) is 0 Å². The predicted octanol–water partition coefficient (Wildman–Crippen LogP) is 5.43. The summed E-state index contributed by atoms with van der Waals surface area (Å²) in [4.78, 5) is 0. The zero-order valence-electron chi connectivity index (χ0n) is 10.7. The van der Waals surface area contributed by atoms with Gasteiger partial charge in [0, 0.05) is 10.9 Å². The molecule has 3 rings (SSSR count). The van der Waals surface area contributed by atoms with Crippen molar-refractivity contribution in [1.29, 1.82) is 0 Å². The quantitative estimate of drug-likeness (QED) is 0.577. The van der Waals surface area contributed by atoms with Crippen molar-refractivity contribution >= 4 is 11.0 Å². The summed E-state index contributed by atoms with van der Waals surface area (Å²) in [6.07, 6.45) is -4.45. The zero-order valence-corrected chi connectivity index (χ0v) is 10.7. The molecule has 4 heteroatoms. The molecule has 0 spiro atoms. The van der Waals surface area contributed by atoms with Crippen molar-refractivity contribution in [1.82, 2.24) is 0 Å². The second-order valence-corrected chi connectivity index (χ2v) is 4.67. The molecule has 3 aromatic rings. The van der Waals surface area contributed by atoms with Crippen LogP contribution >= 0.6 is 0 Å². The summed E-state index contributed by atoms with van der Waals surface area (Å²) in [5, 5.41) is 0.0931. The van der Waals surface area contributed by atoms with Crippen LogP contribution in [0.25, 0.3) is 22.3 Å². The van der Waals surface area contributed by atoms with E-state index in [1.165, 1.54) is 6.07 Å². The van der Waals surface area contributed by atoms with Gasteiger partial charge in [0.2, 0.25) is 0 Å². The van der Waals surface area contributed by atoms with E-state index in [1.807, 2.05) is 6.92 Å². The number of furan rings is 1. The highest BCUT2D eigenvalue weighted by Crippen LogP contribution is 2.43. The van der Waals surface area contributed by atoms with Gasteiger partial charge in [-0.15, -0.1) is 0 Å².